The fraction of sp³-hybridized carbons (Fsp3) is 0.217. The number of amides is 1. The molecule has 0 radical (unpaired) electrons. The van der Waals surface area contributed by atoms with Gasteiger partial charge in [-0.1, -0.05) is 19.9 Å². The number of pyridine rings is 2. The van der Waals surface area contributed by atoms with Gasteiger partial charge in [0.2, 0.25) is 5.91 Å². The van der Waals surface area contributed by atoms with E-state index in [1.165, 1.54) is 0 Å². The van der Waals surface area contributed by atoms with Gasteiger partial charge in [0, 0.05) is 41.7 Å². The van der Waals surface area contributed by atoms with Gasteiger partial charge in [0.1, 0.15) is 17.3 Å². The number of hydrogen-bond acceptors (Lipinski definition) is 6. The normalized spacial score (nSPS) is 9.90. The van der Waals surface area contributed by atoms with E-state index < -0.39 is 5.91 Å². The van der Waals surface area contributed by atoms with E-state index in [0.29, 0.717) is 39.8 Å². The zero-order valence-electron chi connectivity index (χ0n) is 17.9. The third-order valence-corrected chi connectivity index (χ3v) is 4.26. The van der Waals surface area contributed by atoms with Gasteiger partial charge in [-0.05, 0) is 43.7 Å². The number of ether oxygens (including phenoxy) is 1. The molecule has 0 unspecified atom stereocenters. The van der Waals surface area contributed by atoms with Crippen molar-refractivity contribution in [2.75, 3.05) is 12.4 Å². The molecule has 3 aromatic rings. The number of primary amides is 1. The standard InChI is InChI=1S/C21H21N5O2.C2H6/c1-12-8-14(4-5-17(12)20(23)27)19-10-15(6-7-25-19)28-16-9-18(13(2)22)21(24-3)26-11-16;1-2/h4-11,22H,1-3H3,(H2,23,27)(H,24,26);1-2H3. The van der Waals surface area contributed by atoms with Crippen molar-refractivity contribution < 1.29 is 9.53 Å². The van der Waals surface area contributed by atoms with Crippen LogP contribution in [0.5, 0.6) is 11.5 Å². The van der Waals surface area contributed by atoms with E-state index in [9.17, 15) is 4.79 Å². The predicted molar refractivity (Wildman–Crippen MR) is 121 cm³/mol. The van der Waals surface area contributed by atoms with Gasteiger partial charge in [-0.15, -0.1) is 0 Å². The van der Waals surface area contributed by atoms with Crippen molar-refractivity contribution in [3.63, 3.8) is 0 Å². The zero-order chi connectivity index (χ0) is 22.3. The first-order valence-electron chi connectivity index (χ1n) is 9.67. The van der Waals surface area contributed by atoms with Crippen molar-refractivity contribution in [2.24, 2.45) is 5.73 Å². The van der Waals surface area contributed by atoms with Crippen LogP contribution in [-0.2, 0) is 0 Å². The molecule has 4 N–H and O–H groups in total. The highest BCUT2D eigenvalue weighted by atomic mass is 16.5. The largest absolute Gasteiger partial charge is 0.456 e. The lowest BCUT2D eigenvalue weighted by Crippen LogP contribution is -2.12. The Morgan fingerprint density at radius 1 is 1.07 bits per heavy atom. The average Bonchev–Trinajstić information content (AvgIpc) is 2.75. The van der Waals surface area contributed by atoms with Gasteiger partial charge in [0.15, 0.2) is 0 Å². The smallest absolute Gasteiger partial charge is 0.248 e. The number of anilines is 1. The first kappa shape index (κ1) is 22.5. The van der Waals surface area contributed by atoms with E-state index in [0.717, 1.165) is 11.1 Å². The lowest BCUT2D eigenvalue weighted by Gasteiger charge is -2.11. The molecule has 0 spiro atoms. The van der Waals surface area contributed by atoms with E-state index in [1.54, 1.807) is 50.6 Å². The van der Waals surface area contributed by atoms with Crippen LogP contribution in [0.25, 0.3) is 11.3 Å². The fourth-order valence-corrected chi connectivity index (χ4v) is 2.85. The maximum atomic E-state index is 11.4. The van der Waals surface area contributed by atoms with Gasteiger partial charge in [0.05, 0.1) is 11.9 Å². The van der Waals surface area contributed by atoms with Crippen LogP contribution < -0.4 is 15.8 Å². The summed E-state index contributed by atoms with van der Waals surface area (Å²) < 4.78 is 5.92. The molecular formula is C23H27N5O2. The number of benzene rings is 1. The van der Waals surface area contributed by atoms with Gasteiger partial charge >= 0.3 is 0 Å². The highest BCUT2D eigenvalue weighted by molar-refractivity contribution is 6.00. The van der Waals surface area contributed by atoms with Crippen molar-refractivity contribution in [3.8, 4) is 22.8 Å². The Bertz CT molecular complexity index is 1060. The van der Waals surface area contributed by atoms with Crippen LogP contribution in [0.2, 0.25) is 0 Å². The summed E-state index contributed by atoms with van der Waals surface area (Å²) in [5.41, 5.74) is 9.27. The summed E-state index contributed by atoms with van der Waals surface area (Å²) >= 11 is 0. The van der Waals surface area contributed by atoms with Crippen molar-refractivity contribution in [1.29, 1.82) is 5.41 Å². The number of nitrogens with two attached hydrogens (primary N) is 1. The molecular weight excluding hydrogens is 378 g/mol. The number of rotatable bonds is 6. The first-order chi connectivity index (χ1) is 14.4. The summed E-state index contributed by atoms with van der Waals surface area (Å²) in [5.74, 6) is 1.29. The molecule has 30 heavy (non-hydrogen) atoms. The Balaban J connectivity index is 0.00000155. The quantitative estimate of drug-likeness (QED) is 0.510. The fourth-order valence-electron chi connectivity index (χ4n) is 2.85. The molecule has 0 atom stereocenters. The van der Waals surface area contributed by atoms with Gasteiger partial charge in [-0.3, -0.25) is 9.78 Å². The monoisotopic (exact) mass is 405 g/mol. The number of aryl methyl sites for hydroxylation is 1. The third kappa shape index (κ3) is 5.20. The molecule has 0 fully saturated rings. The second-order valence-corrected chi connectivity index (χ2v) is 6.31. The van der Waals surface area contributed by atoms with Crippen LogP contribution in [0.4, 0.5) is 5.82 Å². The van der Waals surface area contributed by atoms with Gasteiger partial charge in [0.25, 0.3) is 0 Å². The van der Waals surface area contributed by atoms with Gasteiger partial charge in [-0.25, -0.2) is 4.98 Å². The third-order valence-electron chi connectivity index (χ3n) is 4.26. The lowest BCUT2D eigenvalue weighted by atomic mass is 10.0. The van der Waals surface area contributed by atoms with Gasteiger partial charge < -0.3 is 21.2 Å². The minimum Gasteiger partial charge on any atom is -0.456 e. The molecule has 1 amide bonds. The molecule has 2 heterocycles. The predicted octanol–water partition coefficient (Wildman–Crippen LogP) is 4.80. The maximum absolute atomic E-state index is 11.4. The van der Waals surface area contributed by atoms with Crippen LogP contribution in [0, 0.1) is 12.3 Å². The van der Waals surface area contributed by atoms with Crippen LogP contribution in [0.3, 0.4) is 0 Å². The Labute approximate surface area is 176 Å². The Morgan fingerprint density at radius 3 is 2.40 bits per heavy atom. The molecule has 0 bridgehead atoms. The Hall–Kier alpha value is -3.74. The summed E-state index contributed by atoms with van der Waals surface area (Å²) in [4.78, 5) is 20.1. The minimum absolute atomic E-state index is 0.391. The summed E-state index contributed by atoms with van der Waals surface area (Å²) in [6.07, 6.45) is 3.25. The average molecular weight is 406 g/mol. The van der Waals surface area contributed by atoms with Crippen LogP contribution in [0.15, 0.2) is 48.8 Å². The maximum Gasteiger partial charge on any atom is 0.248 e. The minimum atomic E-state index is -0.455. The molecule has 2 aromatic heterocycles. The van der Waals surface area contributed by atoms with E-state index >= 15 is 0 Å². The highest BCUT2D eigenvalue weighted by Crippen LogP contribution is 2.28. The Kier molecular flexibility index (Phi) is 7.63. The van der Waals surface area contributed by atoms with Crippen molar-refractivity contribution in [3.05, 3.63) is 65.5 Å². The number of nitrogens with one attached hydrogen (secondary N) is 2. The van der Waals surface area contributed by atoms with Gasteiger partial charge in [-0.2, -0.15) is 0 Å². The molecule has 7 nitrogen and oxygen atoms in total. The van der Waals surface area contributed by atoms with E-state index in [4.69, 9.17) is 15.9 Å². The van der Waals surface area contributed by atoms with Crippen molar-refractivity contribution in [2.45, 2.75) is 27.7 Å². The van der Waals surface area contributed by atoms with E-state index in [1.807, 2.05) is 32.9 Å². The summed E-state index contributed by atoms with van der Waals surface area (Å²) in [5, 5.41) is 10.9. The summed E-state index contributed by atoms with van der Waals surface area (Å²) in [7, 11) is 1.76. The molecule has 0 aliphatic heterocycles. The van der Waals surface area contributed by atoms with Crippen LogP contribution in [-0.4, -0.2) is 28.6 Å². The van der Waals surface area contributed by atoms with Crippen molar-refractivity contribution in [1.82, 2.24) is 9.97 Å². The molecule has 0 saturated heterocycles. The number of nitrogens with zero attached hydrogens (tertiary/aromatic N) is 2. The number of carbonyl (C=O) groups is 1. The second-order valence-electron chi connectivity index (χ2n) is 6.31. The second kappa shape index (κ2) is 10.2. The van der Waals surface area contributed by atoms with E-state index in [2.05, 4.69) is 15.3 Å². The van der Waals surface area contributed by atoms with E-state index in [-0.39, 0.29) is 0 Å². The number of aromatic nitrogens is 2. The topological polar surface area (TPSA) is 114 Å². The number of carbonyl (C=O) groups excluding carboxylic acids is 1. The van der Waals surface area contributed by atoms with Crippen LogP contribution >= 0.6 is 0 Å². The molecule has 0 saturated carbocycles. The lowest BCUT2D eigenvalue weighted by molar-refractivity contribution is 0.0999. The molecule has 3 rings (SSSR count). The van der Waals surface area contributed by atoms with Crippen molar-refractivity contribution >= 4 is 17.4 Å². The molecule has 0 aliphatic carbocycles. The zero-order valence-corrected chi connectivity index (χ0v) is 17.9. The van der Waals surface area contributed by atoms with Crippen LogP contribution in [0.1, 0.15) is 42.3 Å². The first-order valence-corrected chi connectivity index (χ1v) is 9.67. The molecule has 1 aromatic carbocycles. The highest BCUT2D eigenvalue weighted by Gasteiger charge is 2.10. The molecule has 156 valence electrons. The summed E-state index contributed by atoms with van der Waals surface area (Å²) in [6.45, 7) is 7.53. The number of hydrogen-bond donors (Lipinski definition) is 3. The molecule has 0 aliphatic rings. The Morgan fingerprint density at radius 2 is 1.80 bits per heavy atom. The summed E-state index contributed by atoms with van der Waals surface area (Å²) in [6, 6.07) is 10.7. The molecule has 7 heteroatoms. The SMILES string of the molecule is CC.CNc1ncc(Oc2ccnc(-c3ccc(C(N)=O)c(C)c3)c2)cc1C(C)=N.